The normalized spacial score (nSPS) is 23.6. The minimum atomic E-state index is -1.49. The molecule has 1 aliphatic carbocycles. The molecule has 2 aromatic heterocycles. The number of esters is 8. The first kappa shape index (κ1) is 55.1. The van der Waals surface area contributed by atoms with E-state index in [-0.39, 0.29) is 58.4 Å². The number of aromatic nitrogens is 6. The molecule has 4 heterocycles. The van der Waals surface area contributed by atoms with E-state index in [1.165, 1.54) is 48.8 Å². The summed E-state index contributed by atoms with van der Waals surface area (Å²) in [6.07, 6.45) is -11.5. The number of nitrogens with zero attached hydrogens (tertiary/aromatic N) is 6. The fourth-order valence-electron chi connectivity index (χ4n) is 8.57. The second-order valence-corrected chi connectivity index (χ2v) is 17.2. The van der Waals surface area contributed by atoms with Gasteiger partial charge in [-0.1, -0.05) is 34.7 Å². The lowest BCUT2D eigenvalue weighted by Gasteiger charge is -2.44. The van der Waals surface area contributed by atoms with Crippen molar-refractivity contribution in [3.05, 3.63) is 82.4 Å². The third-order valence-electron chi connectivity index (χ3n) is 11.3. The highest BCUT2D eigenvalue weighted by molar-refractivity contribution is 6.30. The monoisotopic (exact) mass is 1060 g/mol. The minimum Gasteiger partial charge on any atom is -0.486 e. The fourth-order valence-corrected chi connectivity index (χ4v) is 8.57. The van der Waals surface area contributed by atoms with E-state index in [4.69, 9.17) is 56.8 Å². The molecule has 28 heteroatoms. The summed E-state index contributed by atoms with van der Waals surface area (Å²) < 4.78 is 70.0. The topological polar surface area (TPSA) is 343 Å². The molecule has 4 aromatic rings. The molecule has 2 fully saturated rings. The summed E-state index contributed by atoms with van der Waals surface area (Å²) in [5, 5.41) is 16.5. The molecule has 404 valence electrons. The van der Waals surface area contributed by atoms with E-state index in [9.17, 15) is 47.9 Å². The number of carbonyl (C=O) groups is 10. The zero-order chi connectivity index (χ0) is 55.1. The van der Waals surface area contributed by atoms with Crippen LogP contribution >= 0.6 is 0 Å². The zero-order valence-corrected chi connectivity index (χ0v) is 41.9. The summed E-state index contributed by atoms with van der Waals surface area (Å²) in [4.78, 5) is 126. The molecule has 0 bridgehead atoms. The van der Waals surface area contributed by atoms with Gasteiger partial charge < -0.3 is 56.8 Å². The van der Waals surface area contributed by atoms with Crippen LogP contribution in [-0.2, 0) is 98.9 Å². The van der Waals surface area contributed by atoms with E-state index in [1.807, 2.05) is 0 Å². The minimum absolute atomic E-state index is 0.0149. The van der Waals surface area contributed by atoms with Crippen LogP contribution in [0, 0.1) is 0 Å². The highest BCUT2D eigenvalue weighted by atomic mass is 16.7. The average Bonchev–Trinajstić information content (AvgIpc) is 4.03. The molecule has 0 saturated carbocycles. The molecule has 0 amide bonds. The molecule has 28 nitrogen and oxygen atoms in total. The van der Waals surface area contributed by atoms with Gasteiger partial charge >= 0.3 is 47.8 Å². The molecule has 0 radical (unpaired) electrons. The Morgan fingerprint density at radius 3 is 1.14 bits per heavy atom. The van der Waals surface area contributed by atoms with Crippen LogP contribution < -0.4 is 9.47 Å². The maximum Gasteiger partial charge on any atom is 0.303 e. The SMILES string of the molecule is CC(=O)OC[C@H]1O[C@@H](n2cc(COc3cccc4c3C(=O)c3c(OCc5cn([C@@H]6O[C@H](COC(C)=O)[C@@H](OC(C)=O)[C@H](OC(C)=O)[C@H]6OC(C)=O)nn5)cccc3C4=O)nn2)[C@H](OC(C)=O)[C@@H](OC(C)=O)[C@@H]1OC(C)=O. The van der Waals surface area contributed by atoms with Crippen LogP contribution in [0.5, 0.6) is 11.5 Å². The van der Waals surface area contributed by atoms with Crippen molar-refractivity contribution in [3.63, 3.8) is 0 Å². The Morgan fingerprint density at radius 2 is 0.803 bits per heavy atom. The Bertz CT molecular complexity index is 2740. The van der Waals surface area contributed by atoms with Gasteiger partial charge in [0.15, 0.2) is 54.9 Å². The van der Waals surface area contributed by atoms with Gasteiger partial charge in [0.1, 0.15) is 61.5 Å². The number of fused-ring (bicyclic) bond motifs is 2. The number of ketones is 2. The summed E-state index contributed by atoms with van der Waals surface area (Å²) >= 11 is 0. The lowest BCUT2D eigenvalue weighted by molar-refractivity contribution is -0.270. The van der Waals surface area contributed by atoms with E-state index in [2.05, 4.69) is 20.6 Å². The number of ether oxygens (including phenoxy) is 12. The van der Waals surface area contributed by atoms with Crippen molar-refractivity contribution >= 4 is 59.3 Å². The lowest BCUT2D eigenvalue weighted by atomic mass is 9.83. The summed E-state index contributed by atoms with van der Waals surface area (Å²) in [6.45, 7) is 7.06. The molecule has 10 atom stereocenters. The number of carbonyl (C=O) groups excluding carboxylic acids is 10. The third kappa shape index (κ3) is 12.8. The maximum absolute atomic E-state index is 14.6. The molecule has 0 unspecified atom stereocenters. The Hall–Kier alpha value is -8.66. The molecular formula is C48H50N6O22. The molecule has 76 heavy (non-hydrogen) atoms. The fraction of sp³-hybridized carbons (Fsp3) is 0.458. The quantitative estimate of drug-likeness (QED) is 0.0882. The average molecular weight is 1060 g/mol. The number of hydrogen-bond acceptors (Lipinski definition) is 26. The zero-order valence-electron chi connectivity index (χ0n) is 41.9. The van der Waals surface area contributed by atoms with Crippen molar-refractivity contribution in [1.82, 2.24) is 30.0 Å². The molecule has 2 aliphatic heterocycles. The van der Waals surface area contributed by atoms with Gasteiger partial charge in [0.2, 0.25) is 5.78 Å². The molecule has 0 spiro atoms. The van der Waals surface area contributed by atoms with Gasteiger partial charge in [0.05, 0.1) is 23.5 Å². The number of rotatable bonds is 18. The van der Waals surface area contributed by atoms with Crippen LogP contribution in [0.2, 0.25) is 0 Å². The summed E-state index contributed by atoms with van der Waals surface area (Å²) in [6, 6.07) is 8.82. The first-order chi connectivity index (χ1) is 36.1. The maximum atomic E-state index is 14.6. The molecular weight excluding hydrogens is 1010 g/mol. The molecule has 0 N–H and O–H groups in total. The largest absolute Gasteiger partial charge is 0.486 e. The second kappa shape index (κ2) is 23.7. The molecule has 7 rings (SSSR count). The van der Waals surface area contributed by atoms with E-state index in [1.54, 1.807) is 0 Å². The van der Waals surface area contributed by atoms with Crippen LogP contribution in [0.15, 0.2) is 48.8 Å². The van der Waals surface area contributed by atoms with Crippen LogP contribution in [0.3, 0.4) is 0 Å². The van der Waals surface area contributed by atoms with Gasteiger partial charge in [-0.25, -0.2) is 9.36 Å². The highest BCUT2D eigenvalue weighted by Crippen LogP contribution is 2.39. The second-order valence-electron chi connectivity index (χ2n) is 17.2. The van der Waals surface area contributed by atoms with Crippen molar-refractivity contribution in [2.75, 3.05) is 13.2 Å². The van der Waals surface area contributed by atoms with Crippen molar-refractivity contribution in [2.24, 2.45) is 0 Å². The van der Waals surface area contributed by atoms with Gasteiger partial charge in [-0.05, 0) is 12.1 Å². The predicted molar refractivity (Wildman–Crippen MR) is 243 cm³/mol. The van der Waals surface area contributed by atoms with E-state index < -0.39 is 134 Å². The van der Waals surface area contributed by atoms with Crippen LogP contribution in [-0.4, -0.2) is 151 Å². The summed E-state index contributed by atoms with van der Waals surface area (Å²) in [5.74, 6) is -7.65. The van der Waals surface area contributed by atoms with Gasteiger partial charge in [-0.2, -0.15) is 0 Å². The smallest absolute Gasteiger partial charge is 0.303 e. The first-order valence-electron chi connectivity index (χ1n) is 23.1. The lowest BCUT2D eigenvalue weighted by Crippen LogP contribution is -2.60. The Labute approximate surface area is 430 Å². The van der Waals surface area contributed by atoms with Crippen LogP contribution in [0.4, 0.5) is 0 Å². The van der Waals surface area contributed by atoms with Crippen molar-refractivity contribution in [3.8, 4) is 11.5 Å². The number of hydrogen-bond donors (Lipinski definition) is 0. The van der Waals surface area contributed by atoms with E-state index >= 15 is 0 Å². The van der Waals surface area contributed by atoms with E-state index in [0.717, 1.165) is 64.8 Å². The number of benzene rings is 2. The van der Waals surface area contributed by atoms with E-state index in [0.29, 0.717) is 0 Å². The van der Waals surface area contributed by atoms with Gasteiger partial charge in [0, 0.05) is 66.5 Å². The van der Waals surface area contributed by atoms with Crippen LogP contribution in [0.1, 0.15) is 111 Å². The van der Waals surface area contributed by atoms with Gasteiger partial charge in [0.25, 0.3) is 0 Å². The van der Waals surface area contributed by atoms with Crippen LogP contribution in [0.25, 0.3) is 0 Å². The van der Waals surface area contributed by atoms with Crippen molar-refractivity contribution in [2.45, 2.75) is 130 Å². The van der Waals surface area contributed by atoms with Gasteiger partial charge in [-0.15, -0.1) is 10.2 Å². The third-order valence-corrected chi connectivity index (χ3v) is 11.3. The Kier molecular flexibility index (Phi) is 17.2. The van der Waals surface area contributed by atoms with Crippen molar-refractivity contribution < 1.29 is 105 Å². The Morgan fingerprint density at radius 1 is 0.461 bits per heavy atom. The Balaban J connectivity index is 1.12. The predicted octanol–water partition coefficient (Wildman–Crippen LogP) is 1.31. The van der Waals surface area contributed by atoms with Gasteiger partial charge in [-0.3, -0.25) is 47.9 Å². The van der Waals surface area contributed by atoms with Crippen molar-refractivity contribution in [1.29, 1.82) is 0 Å². The summed E-state index contributed by atoms with van der Waals surface area (Å²) in [5.41, 5.74) is 0.0279. The standard InChI is InChI=1S/C48H50N6O22/c1-21(55)65-19-35-41(69-23(3)57)43(71-25(5)59)45(73-27(7)61)47(75-35)53-15-29(49-51-53)17-67-33-13-9-11-31-37(33)40(64)38-32(39(31)63)12-10-14-34(38)68-18-30-16-54(52-50-30)48-46(74-28(8)62)44(72-26(6)60)42(70-24(4)58)36(76-48)20-66-22(2)56/h9-16,35-36,41-48H,17-20H2,1-8H3/t35-,36-,41-,42-,43+,44+,45-,46-,47-,48-/m1/s1. The molecule has 2 aromatic carbocycles. The molecule has 2 saturated heterocycles. The molecule has 3 aliphatic rings. The highest BCUT2D eigenvalue weighted by Gasteiger charge is 2.55. The first-order valence-corrected chi connectivity index (χ1v) is 23.1. The summed E-state index contributed by atoms with van der Waals surface area (Å²) in [7, 11) is 0.